The molecule has 0 aliphatic heterocycles. The van der Waals surface area contributed by atoms with Crippen molar-refractivity contribution in [2.24, 2.45) is 5.92 Å². The molecule has 11 heavy (non-hydrogen) atoms. The molecule has 0 aromatic heterocycles. The fourth-order valence-corrected chi connectivity index (χ4v) is 2.40. The van der Waals surface area contributed by atoms with Crippen molar-refractivity contribution in [3.05, 3.63) is 0 Å². The first-order valence-electron chi connectivity index (χ1n) is 5.18. The van der Waals surface area contributed by atoms with Gasteiger partial charge in [0.1, 0.15) is 7.28 Å². The van der Waals surface area contributed by atoms with Crippen LogP contribution >= 0.6 is 0 Å². The minimum atomic E-state index is 0.912. The molecule has 1 heteroatoms. The van der Waals surface area contributed by atoms with Crippen molar-refractivity contribution >= 4 is 7.28 Å². The molecule has 0 nitrogen and oxygen atoms in total. The predicted molar refractivity (Wildman–Crippen MR) is 52.2 cm³/mol. The molecule has 1 unspecified atom stereocenters. The number of hydrogen-bond acceptors (Lipinski definition) is 0. The highest BCUT2D eigenvalue weighted by molar-refractivity contribution is 6.35. The summed E-state index contributed by atoms with van der Waals surface area (Å²) in [6.45, 7) is 4.54. The van der Waals surface area contributed by atoms with Gasteiger partial charge in [0.25, 0.3) is 0 Å². The Morgan fingerprint density at radius 3 is 2.36 bits per heavy atom. The molecule has 0 amide bonds. The molecule has 1 aliphatic rings. The second-order valence-corrected chi connectivity index (χ2v) is 3.80. The minimum absolute atomic E-state index is 0.912. The Morgan fingerprint density at radius 2 is 1.91 bits per heavy atom. The van der Waals surface area contributed by atoms with Crippen LogP contribution in [0, 0.1) is 5.92 Å². The molecular formula is C10H20B. The van der Waals surface area contributed by atoms with Gasteiger partial charge in [0.2, 0.25) is 0 Å². The smallest absolute Gasteiger partial charge is 0.0917 e. The average molecular weight is 151 g/mol. The van der Waals surface area contributed by atoms with Gasteiger partial charge in [0.15, 0.2) is 0 Å². The summed E-state index contributed by atoms with van der Waals surface area (Å²) in [5.74, 6) is 1.94. The minimum Gasteiger partial charge on any atom is -0.0917 e. The maximum atomic E-state index is 2.41. The van der Waals surface area contributed by atoms with Gasteiger partial charge >= 0.3 is 0 Å². The van der Waals surface area contributed by atoms with Crippen molar-refractivity contribution in [1.29, 1.82) is 0 Å². The van der Waals surface area contributed by atoms with E-state index in [0.717, 1.165) is 11.7 Å². The molecule has 0 heterocycles. The standard InChI is InChI=1S/C10H20B/c1-3-10(11-2)9-7-5-4-6-8-9/h9-10H,3-8H2,1-2H3. The van der Waals surface area contributed by atoms with Crippen molar-refractivity contribution < 1.29 is 0 Å². The molecule has 0 bridgehead atoms. The topological polar surface area (TPSA) is 0 Å². The van der Waals surface area contributed by atoms with Gasteiger partial charge in [-0.3, -0.25) is 0 Å². The van der Waals surface area contributed by atoms with Crippen LogP contribution < -0.4 is 0 Å². The lowest BCUT2D eigenvalue weighted by Crippen LogP contribution is -2.16. The highest BCUT2D eigenvalue weighted by atomic mass is 14.2. The molecule has 63 valence electrons. The van der Waals surface area contributed by atoms with Crippen LogP contribution in [0.15, 0.2) is 0 Å². The van der Waals surface area contributed by atoms with Gasteiger partial charge in [0, 0.05) is 0 Å². The van der Waals surface area contributed by atoms with Gasteiger partial charge in [-0.1, -0.05) is 58.1 Å². The van der Waals surface area contributed by atoms with E-state index in [9.17, 15) is 0 Å². The lowest BCUT2D eigenvalue weighted by Gasteiger charge is -2.28. The van der Waals surface area contributed by atoms with Gasteiger partial charge in [0.05, 0.1) is 0 Å². The molecule has 0 aromatic carbocycles. The van der Waals surface area contributed by atoms with Crippen LogP contribution in [0.2, 0.25) is 12.6 Å². The van der Waals surface area contributed by atoms with E-state index in [0.29, 0.717) is 0 Å². The van der Waals surface area contributed by atoms with E-state index in [2.05, 4.69) is 21.0 Å². The van der Waals surface area contributed by atoms with Crippen molar-refractivity contribution in [2.45, 2.75) is 58.1 Å². The lowest BCUT2D eigenvalue weighted by atomic mass is 9.57. The first kappa shape index (κ1) is 9.16. The summed E-state index contributed by atoms with van der Waals surface area (Å²) in [5.41, 5.74) is 0. The number of hydrogen-bond donors (Lipinski definition) is 0. The molecule has 1 fully saturated rings. The Bertz CT molecular complexity index is 91.0. The molecule has 1 aliphatic carbocycles. The molecule has 0 N–H and O–H groups in total. The molecule has 1 rings (SSSR count). The third-order valence-electron chi connectivity index (χ3n) is 3.15. The average Bonchev–Trinajstić information content (AvgIpc) is 2.09. The summed E-state index contributed by atoms with van der Waals surface area (Å²) in [6, 6.07) is 0. The van der Waals surface area contributed by atoms with Crippen LogP contribution in [-0.4, -0.2) is 7.28 Å². The monoisotopic (exact) mass is 151 g/mol. The zero-order valence-electron chi connectivity index (χ0n) is 7.97. The first-order valence-corrected chi connectivity index (χ1v) is 5.18. The van der Waals surface area contributed by atoms with Gasteiger partial charge < -0.3 is 0 Å². The third kappa shape index (κ3) is 2.54. The van der Waals surface area contributed by atoms with Gasteiger partial charge in [-0.25, -0.2) is 0 Å². The van der Waals surface area contributed by atoms with Crippen molar-refractivity contribution in [1.82, 2.24) is 0 Å². The third-order valence-corrected chi connectivity index (χ3v) is 3.15. The van der Waals surface area contributed by atoms with Crippen LogP contribution in [-0.2, 0) is 0 Å². The van der Waals surface area contributed by atoms with Crippen molar-refractivity contribution in [3.63, 3.8) is 0 Å². The molecule has 0 saturated heterocycles. The molecule has 1 radical (unpaired) electrons. The SMILES string of the molecule is C[B]C(CC)C1CCCCC1. The molecular weight excluding hydrogens is 131 g/mol. The summed E-state index contributed by atoms with van der Waals surface area (Å²) in [5, 5.41) is 0. The van der Waals surface area contributed by atoms with E-state index in [1.807, 2.05) is 0 Å². The summed E-state index contributed by atoms with van der Waals surface area (Å²) in [6.07, 6.45) is 8.77. The van der Waals surface area contributed by atoms with Crippen LogP contribution in [0.3, 0.4) is 0 Å². The normalized spacial score (nSPS) is 23.1. The Morgan fingerprint density at radius 1 is 1.27 bits per heavy atom. The van der Waals surface area contributed by atoms with Crippen LogP contribution in [0.25, 0.3) is 0 Å². The van der Waals surface area contributed by atoms with Gasteiger partial charge in [-0.05, 0) is 5.92 Å². The predicted octanol–water partition coefficient (Wildman–Crippen LogP) is 3.52. The van der Waals surface area contributed by atoms with E-state index in [4.69, 9.17) is 0 Å². The maximum Gasteiger partial charge on any atom is 0.110 e. The second-order valence-electron chi connectivity index (χ2n) is 3.80. The molecule has 0 spiro atoms. The van der Waals surface area contributed by atoms with Gasteiger partial charge in [-0.15, -0.1) is 0 Å². The largest absolute Gasteiger partial charge is 0.110 e. The van der Waals surface area contributed by atoms with Crippen molar-refractivity contribution in [3.8, 4) is 0 Å². The molecule has 0 aromatic rings. The van der Waals surface area contributed by atoms with E-state index >= 15 is 0 Å². The Hall–Kier alpha value is 0.0649. The van der Waals surface area contributed by atoms with E-state index in [1.165, 1.54) is 38.5 Å². The fourth-order valence-electron chi connectivity index (χ4n) is 2.40. The molecule has 1 atom stereocenters. The summed E-state index contributed by atoms with van der Waals surface area (Å²) in [7, 11) is 2.41. The van der Waals surface area contributed by atoms with E-state index in [-0.39, 0.29) is 0 Å². The summed E-state index contributed by atoms with van der Waals surface area (Å²) < 4.78 is 0. The molecule has 1 saturated carbocycles. The second kappa shape index (κ2) is 4.85. The maximum absolute atomic E-state index is 2.41. The zero-order valence-corrected chi connectivity index (χ0v) is 7.97. The lowest BCUT2D eigenvalue weighted by molar-refractivity contribution is 0.335. The van der Waals surface area contributed by atoms with E-state index < -0.39 is 0 Å². The Labute approximate surface area is 72.0 Å². The first-order chi connectivity index (χ1) is 5.38. The Kier molecular flexibility index (Phi) is 4.03. The Balaban J connectivity index is 2.30. The summed E-state index contributed by atoms with van der Waals surface area (Å²) in [4.78, 5) is 0. The number of rotatable bonds is 3. The zero-order chi connectivity index (χ0) is 8.10. The van der Waals surface area contributed by atoms with Crippen LogP contribution in [0.4, 0.5) is 0 Å². The highest BCUT2D eigenvalue weighted by Crippen LogP contribution is 2.34. The van der Waals surface area contributed by atoms with Crippen LogP contribution in [0.1, 0.15) is 45.4 Å². The quantitative estimate of drug-likeness (QED) is 0.541. The summed E-state index contributed by atoms with van der Waals surface area (Å²) >= 11 is 0. The fraction of sp³-hybridized carbons (Fsp3) is 1.00. The highest BCUT2D eigenvalue weighted by Gasteiger charge is 2.20. The van der Waals surface area contributed by atoms with E-state index in [1.54, 1.807) is 0 Å². The van der Waals surface area contributed by atoms with Crippen molar-refractivity contribution in [2.75, 3.05) is 0 Å². The van der Waals surface area contributed by atoms with Crippen LogP contribution in [0.5, 0.6) is 0 Å². The van der Waals surface area contributed by atoms with Gasteiger partial charge in [-0.2, -0.15) is 0 Å².